The molecule has 0 saturated carbocycles. The van der Waals surface area contributed by atoms with Crippen LogP contribution in [0.4, 0.5) is 4.39 Å². The predicted molar refractivity (Wildman–Crippen MR) is 79.7 cm³/mol. The Labute approximate surface area is 124 Å². The molecule has 3 heteroatoms. The van der Waals surface area contributed by atoms with Gasteiger partial charge in [-0.3, -0.25) is 9.78 Å². The number of hydrogen-bond donors (Lipinski definition) is 0. The number of aryl methyl sites for hydroxylation is 1. The fourth-order valence-corrected chi connectivity index (χ4v) is 3.11. The Hall–Kier alpha value is -2.03. The lowest BCUT2D eigenvalue weighted by atomic mass is 9.75. The maximum Gasteiger partial charge on any atom is 0.151 e. The topological polar surface area (TPSA) is 30.0 Å². The summed E-state index contributed by atoms with van der Waals surface area (Å²) in [6, 6.07) is 10.2. The van der Waals surface area contributed by atoms with Gasteiger partial charge in [0.2, 0.25) is 0 Å². The van der Waals surface area contributed by atoms with Crippen molar-refractivity contribution in [2.75, 3.05) is 0 Å². The van der Waals surface area contributed by atoms with E-state index in [1.54, 1.807) is 18.3 Å². The normalized spacial score (nSPS) is 17.6. The SMILES string of the molecule is CC(C)(C(=O)C1CCc2cccnc21)c1ccc(F)cc1. The molecule has 3 rings (SSSR count). The van der Waals surface area contributed by atoms with Gasteiger partial charge in [-0.25, -0.2) is 4.39 Å². The number of rotatable bonds is 3. The van der Waals surface area contributed by atoms with E-state index in [1.165, 1.54) is 17.7 Å². The second kappa shape index (κ2) is 5.06. The number of Topliss-reactive ketones (excluding diaryl/α,β-unsaturated/α-hetero) is 1. The van der Waals surface area contributed by atoms with Crippen molar-refractivity contribution in [2.45, 2.75) is 38.0 Å². The molecule has 21 heavy (non-hydrogen) atoms. The van der Waals surface area contributed by atoms with E-state index in [9.17, 15) is 9.18 Å². The molecule has 0 amide bonds. The molecule has 0 radical (unpaired) electrons. The Bertz CT molecular complexity index is 676. The smallest absolute Gasteiger partial charge is 0.151 e. The van der Waals surface area contributed by atoms with Gasteiger partial charge in [0.05, 0.1) is 11.6 Å². The molecule has 0 aliphatic heterocycles. The highest BCUT2D eigenvalue weighted by atomic mass is 19.1. The van der Waals surface area contributed by atoms with Gasteiger partial charge in [-0.05, 0) is 56.0 Å². The van der Waals surface area contributed by atoms with Crippen LogP contribution in [0.1, 0.15) is 43.0 Å². The van der Waals surface area contributed by atoms with Crippen molar-refractivity contribution in [3.8, 4) is 0 Å². The Kier molecular flexibility index (Phi) is 3.36. The molecule has 108 valence electrons. The monoisotopic (exact) mass is 283 g/mol. The lowest BCUT2D eigenvalue weighted by Crippen LogP contribution is -2.33. The molecule has 0 N–H and O–H groups in total. The zero-order valence-electron chi connectivity index (χ0n) is 12.3. The minimum atomic E-state index is -0.641. The van der Waals surface area contributed by atoms with E-state index in [4.69, 9.17) is 0 Å². The zero-order chi connectivity index (χ0) is 15.0. The molecule has 1 aromatic carbocycles. The highest BCUT2D eigenvalue weighted by molar-refractivity contribution is 5.95. The number of fused-ring (bicyclic) bond motifs is 1. The number of carbonyl (C=O) groups is 1. The second-order valence-corrected chi connectivity index (χ2v) is 6.14. The van der Waals surface area contributed by atoms with Gasteiger partial charge in [-0.15, -0.1) is 0 Å². The van der Waals surface area contributed by atoms with E-state index in [0.717, 1.165) is 24.1 Å². The molecule has 2 nitrogen and oxygen atoms in total. The molecule has 0 spiro atoms. The fraction of sp³-hybridized carbons (Fsp3) is 0.333. The summed E-state index contributed by atoms with van der Waals surface area (Å²) in [7, 11) is 0. The van der Waals surface area contributed by atoms with E-state index in [0.29, 0.717) is 0 Å². The van der Waals surface area contributed by atoms with E-state index >= 15 is 0 Å². The van der Waals surface area contributed by atoms with Gasteiger partial charge in [0.15, 0.2) is 5.78 Å². The minimum absolute atomic E-state index is 0.152. The van der Waals surface area contributed by atoms with Crippen LogP contribution in [0.5, 0.6) is 0 Å². The number of ketones is 1. The van der Waals surface area contributed by atoms with Crippen LogP contribution >= 0.6 is 0 Å². The molecule has 1 aliphatic rings. The van der Waals surface area contributed by atoms with Crippen LogP contribution in [0.2, 0.25) is 0 Å². The van der Waals surface area contributed by atoms with Crippen molar-refractivity contribution in [1.82, 2.24) is 4.98 Å². The quantitative estimate of drug-likeness (QED) is 0.857. The summed E-state index contributed by atoms with van der Waals surface area (Å²) in [6.07, 6.45) is 3.46. The Morgan fingerprint density at radius 2 is 1.95 bits per heavy atom. The molecule has 1 unspecified atom stereocenters. The van der Waals surface area contributed by atoms with Gasteiger partial charge >= 0.3 is 0 Å². The van der Waals surface area contributed by atoms with Crippen LogP contribution in [0, 0.1) is 5.82 Å². The first kappa shape index (κ1) is 13.9. The van der Waals surface area contributed by atoms with E-state index in [1.807, 2.05) is 26.0 Å². The molecule has 0 bridgehead atoms. The van der Waals surface area contributed by atoms with Crippen molar-refractivity contribution >= 4 is 5.78 Å². The third-order valence-electron chi connectivity index (χ3n) is 4.46. The number of benzene rings is 1. The maximum atomic E-state index is 13.1. The van der Waals surface area contributed by atoms with Crippen LogP contribution < -0.4 is 0 Å². The van der Waals surface area contributed by atoms with E-state index in [-0.39, 0.29) is 17.5 Å². The number of carbonyl (C=O) groups excluding carboxylic acids is 1. The molecule has 0 fully saturated rings. The van der Waals surface area contributed by atoms with E-state index in [2.05, 4.69) is 4.98 Å². The number of hydrogen-bond acceptors (Lipinski definition) is 2. The largest absolute Gasteiger partial charge is 0.298 e. The van der Waals surface area contributed by atoms with Crippen molar-refractivity contribution in [1.29, 1.82) is 0 Å². The van der Waals surface area contributed by atoms with Crippen molar-refractivity contribution in [3.05, 3.63) is 65.2 Å². The first-order chi connectivity index (χ1) is 10.00. The lowest BCUT2D eigenvalue weighted by Gasteiger charge is -2.27. The molecule has 1 aromatic heterocycles. The van der Waals surface area contributed by atoms with Gasteiger partial charge in [0.1, 0.15) is 5.82 Å². The Morgan fingerprint density at radius 3 is 2.67 bits per heavy atom. The van der Waals surface area contributed by atoms with Gasteiger partial charge in [-0.2, -0.15) is 0 Å². The number of halogens is 1. The van der Waals surface area contributed by atoms with Crippen LogP contribution in [-0.4, -0.2) is 10.8 Å². The van der Waals surface area contributed by atoms with Crippen molar-refractivity contribution in [3.63, 3.8) is 0 Å². The molecule has 2 aromatic rings. The summed E-state index contributed by atoms with van der Waals surface area (Å²) < 4.78 is 13.1. The molecule has 1 atom stereocenters. The van der Waals surface area contributed by atoms with Crippen LogP contribution in [0.3, 0.4) is 0 Å². The van der Waals surface area contributed by atoms with Gasteiger partial charge in [0.25, 0.3) is 0 Å². The molecular weight excluding hydrogens is 265 g/mol. The van der Waals surface area contributed by atoms with E-state index < -0.39 is 5.41 Å². The Morgan fingerprint density at radius 1 is 1.24 bits per heavy atom. The van der Waals surface area contributed by atoms with Gasteiger partial charge in [0, 0.05) is 11.6 Å². The summed E-state index contributed by atoms with van der Waals surface area (Å²) in [6.45, 7) is 3.81. The van der Waals surface area contributed by atoms with Crippen LogP contribution in [0.25, 0.3) is 0 Å². The standard InChI is InChI=1S/C18H18FNO/c1-18(2,13-6-8-14(19)9-7-13)17(21)15-10-5-12-4-3-11-20-16(12)15/h3-4,6-9,11,15H,5,10H2,1-2H3. The second-order valence-electron chi connectivity index (χ2n) is 6.14. The first-order valence-corrected chi connectivity index (χ1v) is 7.24. The first-order valence-electron chi connectivity index (χ1n) is 7.24. The summed E-state index contributed by atoms with van der Waals surface area (Å²) >= 11 is 0. The van der Waals surface area contributed by atoms with Gasteiger partial charge in [-0.1, -0.05) is 18.2 Å². The summed E-state index contributed by atoms with van der Waals surface area (Å²) in [4.78, 5) is 17.4. The zero-order valence-corrected chi connectivity index (χ0v) is 12.3. The van der Waals surface area contributed by atoms with Crippen molar-refractivity contribution in [2.24, 2.45) is 0 Å². The summed E-state index contributed by atoms with van der Waals surface area (Å²) in [5, 5.41) is 0. The maximum absolute atomic E-state index is 13.1. The predicted octanol–water partition coefficient (Wildman–Crippen LogP) is 3.80. The van der Waals surface area contributed by atoms with Crippen LogP contribution in [-0.2, 0) is 16.6 Å². The highest BCUT2D eigenvalue weighted by Crippen LogP contribution is 2.38. The summed E-state index contributed by atoms with van der Waals surface area (Å²) in [5.41, 5.74) is 2.29. The average molecular weight is 283 g/mol. The average Bonchev–Trinajstić information content (AvgIpc) is 2.90. The minimum Gasteiger partial charge on any atom is -0.298 e. The lowest BCUT2D eigenvalue weighted by molar-refractivity contribution is -0.125. The molecule has 1 aliphatic carbocycles. The number of nitrogens with zero attached hydrogens (tertiary/aromatic N) is 1. The number of aromatic nitrogens is 1. The molecule has 1 heterocycles. The summed E-state index contributed by atoms with van der Waals surface area (Å²) in [5.74, 6) is -0.275. The fourth-order valence-electron chi connectivity index (χ4n) is 3.11. The third kappa shape index (κ3) is 2.37. The third-order valence-corrected chi connectivity index (χ3v) is 4.46. The van der Waals surface area contributed by atoms with Crippen LogP contribution in [0.15, 0.2) is 42.6 Å². The molecular formula is C18H18FNO. The molecule has 0 saturated heterocycles. The Balaban J connectivity index is 1.93. The van der Waals surface area contributed by atoms with Crippen molar-refractivity contribution < 1.29 is 9.18 Å². The highest BCUT2D eigenvalue weighted by Gasteiger charge is 2.39. The van der Waals surface area contributed by atoms with Gasteiger partial charge < -0.3 is 0 Å². The number of pyridine rings is 1.